The van der Waals surface area contributed by atoms with Crippen LogP contribution in [0.3, 0.4) is 0 Å². The van der Waals surface area contributed by atoms with E-state index < -0.39 is 0 Å². The standard InChI is InChI=1S/C23H30ClN3O2/c24-20-4-2-1-3-19(20)15-25-22(29)27-7-5-26(6-8-27)21(28)23-12-16-9-17(13-23)11-18(10-16)14-23/h1-4,16-18H,5-15H2,(H,25,29). The van der Waals surface area contributed by atoms with Crippen LogP contribution in [0.5, 0.6) is 0 Å². The molecular formula is C23H30ClN3O2. The first-order valence-corrected chi connectivity index (χ1v) is 11.5. The molecule has 6 rings (SSSR count). The van der Waals surface area contributed by atoms with Gasteiger partial charge in [0, 0.05) is 37.7 Å². The molecule has 5 aliphatic rings. The Balaban J connectivity index is 1.15. The molecule has 1 saturated heterocycles. The molecule has 4 bridgehead atoms. The number of carbonyl (C=O) groups is 2. The number of benzene rings is 1. The third-order valence-corrected chi connectivity index (χ3v) is 8.10. The SMILES string of the molecule is O=C(NCc1ccccc1Cl)N1CCN(C(=O)C23CC4CC(CC(C4)C2)C3)CC1. The monoisotopic (exact) mass is 415 g/mol. The van der Waals surface area contributed by atoms with E-state index in [2.05, 4.69) is 5.32 Å². The highest BCUT2D eigenvalue weighted by Gasteiger charge is 2.55. The molecule has 4 aliphatic carbocycles. The van der Waals surface area contributed by atoms with Crippen molar-refractivity contribution in [3.63, 3.8) is 0 Å². The van der Waals surface area contributed by atoms with Gasteiger partial charge in [0.15, 0.2) is 0 Å². The zero-order chi connectivity index (χ0) is 20.0. The second-order valence-corrected chi connectivity index (χ2v) is 10.1. The van der Waals surface area contributed by atoms with Gasteiger partial charge < -0.3 is 15.1 Å². The Bertz CT molecular complexity index is 768. The van der Waals surface area contributed by atoms with Gasteiger partial charge in [-0.2, -0.15) is 0 Å². The summed E-state index contributed by atoms with van der Waals surface area (Å²) in [5.41, 5.74) is 0.835. The van der Waals surface area contributed by atoms with E-state index in [4.69, 9.17) is 11.6 Å². The molecule has 3 amide bonds. The molecule has 1 aromatic carbocycles. The van der Waals surface area contributed by atoms with Gasteiger partial charge in [-0.3, -0.25) is 4.79 Å². The fourth-order valence-corrected chi connectivity index (χ4v) is 6.95. The van der Waals surface area contributed by atoms with E-state index in [0.717, 1.165) is 42.6 Å². The van der Waals surface area contributed by atoms with Crippen LogP contribution < -0.4 is 5.32 Å². The van der Waals surface area contributed by atoms with Gasteiger partial charge in [0.1, 0.15) is 0 Å². The van der Waals surface area contributed by atoms with Crippen molar-refractivity contribution < 1.29 is 9.59 Å². The highest BCUT2D eigenvalue weighted by Crippen LogP contribution is 2.60. The number of rotatable bonds is 3. The zero-order valence-electron chi connectivity index (χ0n) is 16.9. The molecule has 0 spiro atoms. The molecule has 1 heterocycles. The smallest absolute Gasteiger partial charge is 0.317 e. The van der Waals surface area contributed by atoms with Crippen LogP contribution >= 0.6 is 11.6 Å². The van der Waals surface area contributed by atoms with Gasteiger partial charge in [0.2, 0.25) is 5.91 Å². The molecule has 0 radical (unpaired) electrons. The largest absolute Gasteiger partial charge is 0.339 e. The van der Waals surface area contributed by atoms with Crippen molar-refractivity contribution in [3.8, 4) is 0 Å². The molecule has 5 fully saturated rings. The number of halogens is 1. The minimum Gasteiger partial charge on any atom is -0.339 e. The topological polar surface area (TPSA) is 52.7 Å². The molecule has 6 heteroatoms. The van der Waals surface area contributed by atoms with Crippen LogP contribution in [0.15, 0.2) is 24.3 Å². The van der Waals surface area contributed by atoms with Crippen LogP contribution in [0.4, 0.5) is 4.79 Å². The molecule has 0 atom stereocenters. The van der Waals surface area contributed by atoms with E-state index in [9.17, 15) is 9.59 Å². The van der Waals surface area contributed by atoms with E-state index >= 15 is 0 Å². The fourth-order valence-electron chi connectivity index (χ4n) is 6.75. The first-order valence-electron chi connectivity index (χ1n) is 11.1. The summed E-state index contributed by atoms with van der Waals surface area (Å²) < 4.78 is 0. The van der Waals surface area contributed by atoms with Crippen LogP contribution in [0.2, 0.25) is 5.02 Å². The van der Waals surface area contributed by atoms with Crippen molar-refractivity contribution in [1.29, 1.82) is 0 Å². The number of carbonyl (C=O) groups excluding carboxylic acids is 2. The average Bonchev–Trinajstić information content (AvgIpc) is 2.71. The van der Waals surface area contributed by atoms with E-state index in [0.29, 0.717) is 43.7 Å². The highest BCUT2D eigenvalue weighted by molar-refractivity contribution is 6.31. The Morgan fingerprint density at radius 2 is 1.48 bits per heavy atom. The average molecular weight is 416 g/mol. The van der Waals surface area contributed by atoms with Crippen molar-refractivity contribution in [2.45, 2.75) is 45.1 Å². The van der Waals surface area contributed by atoms with Crippen LogP contribution in [-0.2, 0) is 11.3 Å². The lowest BCUT2D eigenvalue weighted by Gasteiger charge is -2.57. The second-order valence-electron chi connectivity index (χ2n) is 9.73. The van der Waals surface area contributed by atoms with Crippen molar-refractivity contribution >= 4 is 23.5 Å². The Morgan fingerprint density at radius 3 is 2.07 bits per heavy atom. The van der Waals surface area contributed by atoms with Crippen molar-refractivity contribution in [2.75, 3.05) is 26.2 Å². The summed E-state index contributed by atoms with van der Waals surface area (Å²) in [5, 5.41) is 3.63. The van der Waals surface area contributed by atoms with Gasteiger partial charge in [-0.25, -0.2) is 4.79 Å². The number of amides is 3. The molecule has 0 aromatic heterocycles. The number of piperazine rings is 1. The molecule has 4 saturated carbocycles. The van der Waals surface area contributed by atoms with E-state index in [-0.39, 0.29) is 11.4 Å². The third kappa shape index (κ3) is 3.63. The van der Waals surface area contributed by atoms with Gasteiger partial charge in [0.25, 0.3) is 0 Å². The molecule has 156 valence electrons. The quantitative estimate of drug-likeness (QED) is 0.813. The summed E-state index contributed by atoms with van der Waals surface area (Å²) in [5.74, 6) is 2.72. The Hall–Kier alpha value is -1.75. The molecular weight excluding hydrogens is 386 g/mol. The Labute approximate surface area is 177 Å². The number of hydrogen-bond donors (Lipinski definition) is 1. The Kier molecular flexibility index (Phi) is 4.97. The van der Waals surface area contributed by atoms with Gasteiger partial charge in [-0.1, -0.05) is 29.8 Å². The maximum atomic E-state index is 13.5. The lowest BCUT2D eigenvalue weighted by molar-refractivity contribution is -0.159. The summed E-state index contributed by atoms with van der Waals surface area (Å²) in [4.78, 5) is 29.9. The lowest BCUT2D eigenvalue weighted by atomic mass is 9.49. The van der Waals surface area contributed by atoms with Crippen LogP contribution in [0.1, 0.15) is 44.1 Å². The molecule has 5 nitrogen and oxygen atoms in total. The van der Waals surface area contributed by atoms with Crippen LogP contribution in [0.25, 0.3) is 0 Å². The first kappa shape index (κ1) is 19.2. The van der Waals surface area contributed by atoms with Gasteiger partial charge in [0.05, 0.1) is 5.41 Å². The van der Waals surface area contributed by atoms with Gasteiger partial charge in [-0.05, 0) is 67.9 Å². The minimum atomic E-state index is -0.0801. The van der Waals surface area contributed by atoms with E-state index in [1.807, 2.05) is 34.1 Å². The van der Waals surface area contributed by atoms with Crippen molar-refractivity contribution in [1.82, 2.24) is 15.1 Å². The van der Waals surface area contributed by atoms with Crippen LogP contribution in [0, 0.1) is 23.2 Å². The summed E-state index contributed by atoms with van der Waals surface area (Å²) in [6.45, 7) is 2.93. The second kappa shape index (κ2) is 7.50. The summed E-state index contributed by atoms with van der Waals surface area (Å²) in [6.07, 6.45) is 7.38. The number of urea groups is 1. The maximum Gasteiger partial charge on any atom is 0.317 e. The zero-order valence-corrected chi connectivity index (χ0v) is 17.7. The molecule has 1 aromatic rings. The lowest BCUT2D eigenvalue weighted by Crippen LogP contribution is -2.59. The first-order chi connectivity index (χ1) is 14.0. The maximum absolute atomic E-state index is 13.5. The summed E-state index contributed by atoms with van der Waals surface area (Å²) in [7, 11) is 0. The molecule has 1 aliphatic heterocycles. The van der Waals surface area contributed by atoms with Crippen molar-refractivity contribution in [3.05, 3.63) is 34.9 Å². The third-order valence-electron chi connectivity index (χ3n) is 7.73. The summed E-state index contributed by atoms with van der Waals surface area (Å²) in [6, 6.07) is 7.48. The summed E-state index contributed by atoms with van der Waals surface area (Å²) >= 11 is 6.17. The molecule has 0 unspecified atom stereocenters. The normalized spacial score (nSPS) is 33.1. The van der Waals surface area contributed by atoms with Gasteiger partial charge in [-0.15, -0.1) is 0 Å². The molecule has 1 N–H and O–H groups in total. The molecule has 29 heavy (non-hydrogen) atoms. The highest BCUT2D eigenvalue weighted by atomic mass is 35.5. The number of hydrogen-bond acceptors (Lipinski definition) is 2. The van der Waals surface area contributed by atoms with E-state index in [1.165, 1.54) is 19.3 Å². The van der Waals surface area contributed by atoms with Crippen molar-refractivity contribution in [2.24, 2.45) is 23.2 Å². The van der Waals surface area contributed by atoms with Gasteiger partial charge >= 0.3 is 6.03 Å². The number of nitrogens with one attached hydrogen (secondary N) is 1. The van der Waals surface area contributed by atoms with E-state index in [1.54, 1.807) is 0 Å². The Morgan fingerprint density at radius 1 is 0.931 bits per heavy atom. The predicted molar refractivity (Wildman–Crippen MR) is 112 cm³/mol. The number of nitrogens with zero attached hydrogens (tertiary/aromatic N) is 2. The van der Waals surface area contributed by atoms with Crippen LogP contribution in [-0.4, -0.2) is 47.9 Å². The minimum absolute atomic E-state index is 0.0770. The fraction of sp³-hybridized carbons (Fsp3) is 0.652. The predicted octanol–water partition coefficient (Wildman–Crippen LogP) is 3.91.